The number of nitro groups is 1. The van der Waals surface area contributed by atoms with Crippen LogP contribution in [-0.4, -0.2) is 43.7 Å². The summed E-state index contributed by atoms with van der Waals surface area (Å²) in [6.07, 6.45) is 0.570. The number of benzene rings is 3. The molecule has 8 nitrogen and oxygen atoms in total. The molecule has 0 fully saturated rings. The highest BCUT2D eigenvalue weighted by Crippen LogP contribution is 2.32. The molecule has 0 bridgehead atoms. The Morgan fingerprint density at radius 2 is 1.83 bits per heavy atom. The summed E-state index contributed by atoms with van der Waals surface area (Å²) in [6.45, 7) is -0.00348. The Balaban J connectivity index is 1.56. The minimum atomic E-state index is -3.88. The van der Waals surface area contributed by atoms with Gasteiger partial charge >= 0.3 is 0 Å². The molecule has 0 saturated heterocycles. The minimum Gasteiger partial charge on any atom is -0.310 e. The predicted octanol–water partition coefficient (Wildman–Crippen LogP) is 2.96. The van der Waals surface area contributed by atoms with Crippen molar-refractivity contribution in [2.24, 2.45) is 0 Å². The van der Waals surface area contributed by atoms with Gasteiger partial charge in [0.05, 0.1) is 22.1 Å². The highest BCUT2D eigenvalue weighted by molar-refractivity contribution is 7.89. The summed E-state index contributed by atoms with van der Waals surface area (Å²) in [5.41, 5.74) is 1.19. The lowest BCUT2D eigenvalue weighted by molar-refractivity contribution is -0.384. The Morgan fingerprint density at radius 3 is 2.57 bits per heavy atom. The third-order valence-electron chi connectivity index (χ3n) is 5.26. The molecule has 0 radical (unpaired) electrons. The molecule has 3 aromatic carbocycles. The zero-order chi connectivity index (χ0) is 21.5. The van der Waals surface area contributed by atoms with Gasteiger partial charge in [-0.2, -0.15) is 4.31 Å². The van der Waals surface area contributed by atoms with E-state index in [0.29, 0.717) is 18.7 Å². The first-order valence-electron chi connectivity index (χ1n) is 9.30. The first kappa shape index (κ1) is 20.0. The van der Waals surface area contributed by atoms with Crippen LogP contribution in [0.5, 0.6) is 0 Å². The van der Waals surface area contributed by atoms with E-state index in [2.05, 4.69) is 0 Å². The average Bonchev–Trinajstić information content (AvgIpc) is 3.16. The normalized spacial score (nSPS) is 13.6. The summed E-state index contributed by atoms with van der Waals surface area (Å²) in [4.78, 5) is 24.9. The highest BCUT2D eigenvalue weighted by Gasteiger charge is 2.30. The van der Waals surface area contributed by atoms with Gasteiger partial charge in [-0.15, -0.1) is 0 Å². The lowest BCUT2D eigenvalue weighted by atomic mass is 10.1. The molecule has 1 aliphatic rings. The first-order valence-corrected chi connectivity index (χ1v) is 10.7. The molecule has 154 valence electrons. The summed E-state index contributed by atoms with van der Waals surface area (Å²) in [6, 6.07) is 16.7. The quantitative estimate of drug-likeness (QED) is 0.462. The smallest absolute Gasteiger partial charge is 0.271 e. The number of sulfonamides is 1. The van der Waals surface area contributed by atoms with Gasteiger partial charge in [-0.1, -0.05) is 36.4 Å². The fraction of sp³-hybridized carbons (Fsp3) is 0.190. The maximum Gasteiger partial charge on any atom is 0.271 e. The summed E-state index contributed by atoms with van der Waals surface area (Å²) in [5, 5.41) is 12.8. The standard InChI is InChI=1S/C21H19N3O5S/c1-22(30(28,29)19-9-7-15-4-2-3-5-17(15)12-19)14-21(25)23-11-10-16-6-8-18(24(26)27)13-20(16)23/h2-9,12-13H,10-11,14H2,1H3. The molecule has 0 spiro atoms. The lowest BCUT2D eigenvalue weighted by Crippen LogP contribution is -2.40. The van der Waals surface area contributed by atoms with Crippen molar-refractivity contribution in [2.45, 2.75) is 11.3 Å². The molecule has 1 aliphatic heterocycles. The zero-order valence-electron chi connectivity index (χ0n) is 16.2. The van der Waals surface area contributed by atoms with Crippen molar-refractivity contribution >= 4 is 38.1 Å². The van der Waals surface area contributed by atoms with Gasteiger partial charge in [0.2, 0.25) is 15.9 Å². The molecule has 0 atom stereocenters. The fourth-order valence-corrected chi connectivity index (χ4v) is 4.77. The van der Waals surface area contributed by atoms with Crippen LogP contribution in [0.15, 0.2) is 65.6 Å². The van der Waals surface area contributed by atoms with Crippen LogP contribution >= 0.6 is 0 Å². The summed E-state index contributed by atoms with van der Waals surface area (Å²) >= 11 is 0. The molecular weight excluding hydrogens is 406 g/mol. The summed E-state index contributed by atoms with van der Waals surface area (Å²) in [5.74, 6) is -0.430. The Kier molecular flexibility index (Phi) is 5.00. The zero-order valence-corrected chi connectivity index (χ0v) is 17.0. The lowest BCUT2D eigenvalue weighted by Gasteiger charge is -2.22. The van der Waals surface area contributed by atoms with Gasteiger partial charge in [-0.25, -0.2) is 8.42 Å². The molecule has 4 rings (SSSR count). The van der Waals surface area contributed by atoms with E-state index in [-0.39, 0.29) is 17.1 Å². The van der Waals surface area contributed by atoms with Gasteiger partial charge < -0.3 is 4.90 Å². The molecule has 3 aromatic rings. The number of carbonyl (C=O) groups excluding carboxylic acids is 1. The van der Waals surface area contributed by atoms with Crippen molar-refractivity contribution in [1.82, 2.24) is 4.31 Å². The molecule has 30 heavy (non-hydrogen) atoms. The highest BCUT2D eigenvalue weighted by atomic mass is 32.2. The van der Waals surface area contributed by atoms with Gasteiger partial charge in [-0.05, 0) is 34.9 Å². The molecule has 9 heteroatoms. The van der Waals surface area contributed by atoms with Crippen molar-refractivity contribution in [1.29, 1.82) is 0 Å². The van der Waals surface area contributed by atoms with E-state index in [1.165, 1.54) is 30.1 Å². The van der Waals surface area contributed by atoms with Crippen molar-refractivity contribution in [2.75, 3.05) is 25.0 Å². The number of hydrogen-bond acceptors (Lipinski definition) is 5. The third-order valence-corrected chi connectivity index (χ3v) is 7.06. The topological polar surface area (TPSA) is 101 Å². The van der Waals surface area contributed by atoms with Gasteiger partial charge in [0.15, 0.2) is 0 Å². The van der Waals surface area contributed by atoms with Crippen LogP contribution in [0.25, 0.3) is 10.8 Å². The molecule has 0 N–H and O–H groups in total. The van der Waals surface area contributed by atoms with Crippen molar-refractivity contribution in [3.63, 3.8) is 0 Å². The molecule has 1 amide bonds. The van der Waals surface area contributed by atoms with E-state index in [1.807, 2.05) is 24.3 Å². The van der Waals surface area contributed by atoms with Gasteiger partial charge in [0, 0.05) is 25.7 Å². The Hall–Kier alpha value is -3.30. The molecular formula is C21H19N3O5S. The third kappa shape index (κ3) is 3.53. The number of rotatable bonds is 5. The van der Waals surface area contributed by atoms with Crippen molar-refractivity contribution in [3.05, 3.63) is 76.3 Å². The van der Waals surface area contributed by atoms with Crippen LogP contribution in [0.4, 0.5) is 11.4 Å². The second-order valence-electron chi connectivity index (χ2n) is 7.14. The molecule has 0 aliphatic carbocycles. The van der Waals surface area contributed by atoms with Crippen LogP contribution in [-0.2, 0) is 21.2 Å². The van der Waals surface area contributed by atoms with Crippen LogP contribution in [0.2, 0.25) is 0 Å². The van der Waals surface area contributed by atoms with E-state index >= 15 is 0 Å². The maximum atomic E-state index is 13.0. The number of fused-ring (bicyclic) bond motifs is 2. The number of hydrogen-bond donors (Lipinski definition) is 0. The van der Waals surface area contributed by atoms with Gasteiger partial charge in [0.25, 0.3) is 5.69 Å². The number of anilines is 1. The van der Waals surface area contributed by atoms with Crippen molar-refractivity contribution < 1.29 is 18.1 Å². The average molecular weight is 425 g/mol. The number of carbonyl (C=O) groups is 1. The Morgan fingerprint density at radius 1 is 1.10 bits per heavy atom. The van der Waals surface area contributed by atoms with E-state index < -0.39 is 20.9 Å². The maximum absolute atomic E-state index is 13.0. The number of nitrogens with zero attached hydrogens (tertiary/aromatic N) is 3. The van der Waals surface area contributed by atoms with E-state index in [4.69, 9.17) is 0 Å². The fourth-order valence-electron chi connectivity index (χ4n) is 3.61. The van der Waals surface area contributed by atoms with Crippen LogP contribution < -0.4 is 4.90 Å². The summed E-state index contributed by atoms with van der Waals surface area (Å²) in [7, 11) is -2.52. The largest absolute Gasteiger partial charge is 0.310 e. The second kappa shape index (κ2) is 7.51. The van der Waals surface area contributed by atoms with Crippen LogP contribution in [0, 0.1) is 10.1 Å². The monoisotopic (exact) mass is 425 g/mol. The Labute approximate surface area is 173 Å². The molecule has 1 heterocycles. The minimum absolute atomic E-state index is 0.106. The second-order valence-corrected chi connectivity index (χ2v) is 9.18. The van der Waals surface area contributed by atoms with Crippen LogP contribution in [0.3, 0.4) is 0 Å². The predicted molar refractivity (Wildman–Crippen MR) is 113 cm³/mol. The molecule has 0 saturated carbocycles. The Bertz CT molecular complexity index is 1270. The SMILES string of the molecule is CN(CC(=O)N1CCc2ccc([N+](=O)[O-])cc21)S(=O)(=O)c1ccc2ccccc2c1. The van der Waals surface area contributed by atoms with Gasteiger partial charge in [-0.3, -0.25) is 14.9 Å². The number of nitro benzene ring substituents is 1. The van der Waals surface area contributed by atoms with Crippen LogP contribution in [0.1, 0.15) is 5.56 Å². The first-order chi connectivity index (χ1) is 14.3. The number of non-ortho nitro benzene ring substituents is 1. The summed E-state index contributed by atoms with van der Waals surface area (Å²) < 4.78 is 27.0. The van der Waals surface area contributed by atoms with Gasteiger partial charge in [0.1, 0.15) is 0 Å². The van der Waals surface area contributed by atoms with E-state index in [9.17, 15) is 23.3 Å². The van der Waals surface area contributed by atoms with E-state index in [0.717, 1.165) is 20.6 Å². The van der Waals surface area contributed by atoms with Crippen molar-refractivity contribution in [3.8, 4) is 0 Å². The molecule has 0 aromatic heterocycles. The van der Waals surface area contributed by atoms with E-state index in [1.54, 1.807) is 18.2 Å². The number of likely N-dealkylation sites (N-methyl/N-ethyl adjacent to an activating group) is 1. The molecule has 0 unspecified atom stereocenters. The number of amides is 1.